The molecule has 21 heavy (non-hydrogen) atoms. The van der Waals surface area contributed by atoms with Crippen molar-refractivity contribution in [2.24, 2.45) is 0 Å². The van der Waals surface area contributed by atoms with Crippen LogP contribution in [0, 0.1) is 13.8 Å². The predicted octanol–water partition coefficient (Wildman–Crippen LogP) is 6.99. The summed E-state index contributed by atoms with van der Waals surface area (Å²) in [7, 11) is 0. The predicted molar refractivity (Wildman–Crippen MR) is 102 cm³/mol. The lowest BCUT2D eigenvalue weighted by molar-refractivity contribution is 1.15. The first-order valence-corrected chi connectivity index (χ1v) is 7.11. The molecule has 0 aliphatic carbocycles. The minimum atomic E-state index is 1.06. The molecule has 0 saturated carbocycles. The molecule has 1 aromatic rings. The molecule has 0 amide bonds. The van der Waals surface area contributed by atoms with Gasteiger partial charge in [0.15, 0.2) is 0 Å². The molecule has 1 aromatic carbocycles. The van der Waals surface area contributed by atoms with E-state index in [0.717, 1.165) is 6.42 Å². The Bertz CT molecular complexity index is 368. The third-order valence-corrected chi connectivity index (χ3v) is 2.39. The molecule has 0 aliphatic rings. The molecule has 0 atom stereocenters. The van der Waals surface area contributed by atoms with Gasteiger partial charge < -0.3 is 0 Å². The van der Waals surface area contributed by atoms with Crippen LogP contribution in [0.25, 0.3) is 0 Å². The number of aryl methyl sites for hydroxylation is 2. The number of hydrogen-bond donors (Lipinski definition) is 0. The van der Waals surface area contributed by atoms with Gasteiger partial charge in [0.2, 0.25) is 0 Å². The summed E-state index contributed by atoms with van der Waals surface area (Å²) in [5.41, 5.74) is 3.94. The zero-order valence-corrected chi connectivity index (χ0v) is 14.4. The van der Waals surface area contributed by atoms with E-state index < -0.39 is 0 Å². The van der Waals surface area contributed by atoms with Gasteiger partial charge >= 0.3 is 0 Å². The van der Waals surface area contributed by atoms with Crippen molar-refractivity contribution in [3.05, 3.63) is 98.2 Å². The molecule has 116 valence electrons. The minimum absolute atomic E-state index is 1.06. The lowest BCUT2D eigenvalue weighted by atomic mass is 10.2. The van der Waals surface area contributed by atoms with Crippen LogP contribution in [0.4, 0.5) is 0 Å². The van der Waals surface area contributed by atoms with Gasteiger partial charge in [0, 0.05) is 0 Å². The summed E-state index contributed by atoms with van der Waals surface area (Å²) >= 11 is 0. The molecule has 0 bridgehead atoms. The van der Waals surface area contributed by atoms with E-state index >= 15 is 0 Å². The van der Waals surface area contributed by atoms with Crippen LogP contribution in [-0.4, -0.2) is 0 Å². The second-order valence-electron chi connectivity index (χ2n) is 3.98. The summed E-state index contributed by atoms with van der Waals surface area (Å²) in [5, 5.41) is 0. The topological polar surface area (TPSA) is 0 Å². The van der Waals surface area contributed by atoms with Gasteiger partial charge in [0.1, 0.15) is 0 Å². The van der Waals surface area contributed by atoms with Crippen LogP contribution in [0.3, 0.4) is 0 Å². The van der Waals surface area contributed by atoms with E-state index in [1.54, 1.807) is 0 Å². The van der Waals surface area contributed by atoms with E-state index in [1.165, 1.54) is 16.7 Å². The normalized spacial score (nSPS) is 9.24. The summed E-state index contributed by atoms with van der Waals surface area (Å²) in [5.74, 6) is 0. The number of benzene rings is 1. The quantitative estimate of drug-likeness (QED) is 0.414. The summed E-state index contributed by atoms with van der Waals surface area (Å²) in [6.45, 7) is 24.0. The van der Waals surface area contributed by atoms with Gasteiger partial charge in [-0.1, -0.05) is 73.2 Å². The molecule has 0 aromatic heterocycles. The van der Waals surface area contributed by atoms with Gasteiger partial charge in [0.05, 0.1) is 0 Å². The highest BCUT2D eigenvalue weighted by molar-refractivity contribution is 5.21. The summed E-state index contributed by atoms with van der Waals surface area (Å²) in [6.07, 6.45) is 9.07. The number of allylic oxidation sites excluding steroid dienone is 5. The largest absolute Gasteiger partial charge is 0.106 e. The smallest absolute Gasteiger partial charge is 0.0308 e. The highest BCUT2D eigenvalue weighted by Crippen LogP contribution is 2.00. The van der Waals surface area contributed by atoms with E-state index in [-0.39, 0.29) is 0 Å². The zero-order valence-electron chi connectivity index (χ0n) is 14.4. The molecular weight excluding hydrogens is 252 g/mol. The highest BCUT2D eigenvalue weighted by Gasteiger charge is 1.80. The Morgan fingerprint density at radius 2 is 1.33 bits per heavy atom. The first-order valence-electron chi connectivity index (χ1n) is 7.11. The average Bonchev–Trinajstić information content (AvgIpc) is 2.56. The van der Waals surface area contributed by atoms with Crippen LogP contribution in [0.5, 0.6) is 0 Å². The highest BCUT2D eigenvalue weighted by atomic mass is 13.9. The van der Waals surface area contributed by atoms with E-state index in [1.807, 2.05) is 25.2 Å². The van der Waals surface area contributed by atoms with Crippen molar-refractivity contribution in [2.45, 2.75) is 34.1 Å². The van der Waals surface area contributed by atoms with E-state index in [2.05, 4.69) is 84.0 Å². The molecule has 0 heterocycles. The van der Waals surface area contributed by atoms with Crippen LogP contribution < -0.4 is 0 Å². The van der Waals surface area contributed by atoms with Crippen molar-refractivity contribution in [1.29, 1.82) is 0 Å². The second kappa shape index (κ2) is 20.2. The van der Waals surface area contributed by atoms with Crippen LogP contribution in [0.1, 0.15) is 31.4 Å². The maximum absolute atomic E-state index is 3.68. The van der Waals surface area contributed by atoms with Crippen molar-refractivity contribution < 1.29 is 0 Å². The molecule has 0 heteroatoms. The summed E-state index contributed by atoms with van der Waals surface area (Å²) in [6, 6.07) is 8.48. The monoisotopic (exact) mass is 284 g/mol. The van der Waals surface area contributed by atoms with Gasteiger partial charge in [-0.2, -0.15) is 0 Å². The van der Waals surface area contributed by atoms with Crippen molar-refractivity contribution >= 4 is 0 Å². The fraction of sp³-hybridized carbons (Fsp3) is 0.238. The molecule has 0 fully saturated rings. The molecule has 0 unspecified atom stereocenters. The molecule has 0 spiro atoms. The first-order chi connectivity index (χ1) is 10.1. The Kier molecular flexibility index (Phi) is 23.1. The van der Waals surface area contributed by atoms with Gasteiger partial charge in [-0.15, -0.1) is 26.3 Å². The average molecular weight is 284 g/mol. The Morgan fingerprint density at radius 3 is 1.57 bits per heavy atom. The molecule has 1 rings (SSSR count). The fourth-order valence-electron chi connectivity index (χ4n) is 1.19. The van der Waals surface area contributed by atoms with Crippen molar-refractivity contribution in [2.75, 3.05) is 0 Å². The maximum Gasteiger partial charge on any atom is -0.0308 e. The van der Waals surface area contributed by atoms with Crippen molar-refractivity contribution in [3.63, 3.8) is 0 Å². The number of hydrogen-bond acceptors (Lipinski definition) is 0. The summed E-state index contributed by atoms with van der Waals surface area (Å²) < 4.78 is 0. The van der Waals surface area contributed by atoms with Crippen LogP contribution in [0.2, 0.25) is 0 Å². The van der Waals surface area contributed by atoms with E-state index in [0.29, 0.717) is 0 Å². The Morgan fingerprint density at radius 1 is 0.952 bits per heavy atom. The minimum Gasteiger partial charge on any atom is -0.106 e. The SMILES string of the molecule is C=C.C=C.C=C/C(=C\C=C/C)CC.Cc1ccc(C)cc1. The molecule has 0 N–H and O–H groups in total. The van der Waals surface area contributed by atoms with Gasteiger partial charge in [0.25, 0.3) is 0 Å². The van der Waals surface area contributed by atoms with Crippen molar-refractivity contribution in [1.82, 2.24) is 0 Å². The zero-order chi connectivity index (χ0) is 17.1. The fourth-order valence-corrected chi connectivity index (χ4v) is 1.19. The van der Waals surface area contributed by atoms with Gasteiger partial charge in [-0.05, 0) is 32.8 Å². The lowest BCUT2D eigenvalue weighted by Crippen LogP contribution is -1.70. The summed E-state index contributed by atoms with van der Waals surface area (Å²) in [4.78, 5) is 0. The Hall–Kier alpha value is -2.08. The van der Waals surface area contributed by atoms with Crippen LogP contribution in [-0.2, 0) is 0 Å². The van der Waals surface area contributed by atoms with Crippen LogP contribution >= 0.6 is 0 Å². The van der Waals surface area contributed by atoms with E-state index in [9.17, 15) is 0 Å². The number of rotatable bonds is 3. The Labute approximate surface area is 132 Å². The second-order valence-corrected chi connectivity index (χ2v) is 3.98. The van der Waals surface area contributed by atoms with Gasteiger partial charge in [-0.25, -0.2) is 0 Å². The molecule has 0 radical (unpaired) electrons. The van der Waals surface area contributed by atoms with Gasteiger partial charge in [-0.3, -0.25) is 0 Å². The first kappa shape index (κ1) is 24.0. The molecule has 0 aliphatic heterocycles. The Balaban J connectivity index is -0.000000250. The van der Waals surface area contributed by atoms with E-state index in [4.69, 9.17) is 0 Å². The third kappa shape index (κ3) is 17.9. The molecule has 0 saturated heterocycles. The van der Waals surface area contributed by atoms with Crippen LogP contribution in [0.15, 0.2) is 87.0 Å². The third-order valence-electron chi connectivity index (χ3n) is 2.39. The lowest BCUT2D eigenvalue weighted by Gasteiger charge is -1.90. The maximum atomic E-state index is 3.68. The molecular formula is C21H32. The standard InChI is InChI=1S/C9H14.C8H10.2C2H4/c1-4-7-8-9(5-2)6-3;1-7-3-5-8(2)6-4-7;2*1-2/h4-5,7-8H,2,6H2,1,3H3;3-6H,1-2H3;2*1-2H2/b7-4-,9-8+;;;. The van der Waals surface area contributed by atoms with Crippen molar-refractivity contribution in [3.8, 4) is 0 Å². The molecule has 0 nitrogen and oxygen atoms in total.